The number of hydrogen-bond donors (Lipinski definition) is 2. The van der Waals surface area contributed by atoms with E-state index in [2.05, 4.69) is 47.7 Å². The van der Waals surface area contributed by atoms with E-state index in [0.29, 0.717) is 5.82 Å². The zero-order valence-electron chi connectivity index (χ0n) is 17.0. The van der Waals surface area contributed by atoms with Crippen molar-refractivity contribution in [2.45, 2.75) is 0 Å². The highest BCUT2D eigenvalue weighted by Gasteiger charge is 2.08. The van der Waals surface area contributed by atoms with Crippen LogP contribution in [0.3, 0.4) is 0 Å². The number of benzene rings is 1. The van der Waals surface area contributed by atoms with Crippen molar-refractivity contribution in [2.75, 3.05) is 17.7 Å². The van der Waals surface area contributed by atoms with Gasteiger partial charge in [0.1, 0.15) is 23.0 Å². The van der Waals surface area contributed by atoms with Crippen LogP contribution >= 0.6 is 0 Å². The monoisotopic (exact) mass is 406 g/mol. The number of aryl methyl sites for hydroxylation is 1. The van der Waals surface area contributed by atoms with Gasteiger partial charge in [0, 0.05) is 49.0 Å². The molecule has 0 unspecified atom stereocenters. The first-order chi connectivity index (χ1) is 15.2. The molecule has 0 fully saturated rings. The number of fused-ring (bicyclic) bond motifs is 2. The van der Waals surface area contributed by atoms with Crippen molar-refractivity contribution in [3.63, 3.8) is 0 Å². The summed E-state index contributed by atoms with van der Waals surface area (Å²) in [7, 11) is 3.70. The first-order valence-electron chi connectivity index (χ1n) is 9.67. The lowest BCUT2D eigenvalue weighted by atomic mass is 10.1. The van der Waals surface area contributed by atoms with Gasteiger partial charge in [0.15, 0.2) is 0 Å². The molecule has 5 aromatic rings. The van der Waals surface area contributed by atoms with Crippen molar-refractivity contribution in [3.8, 4) is 11.8 Å². The second-order valence-electron chi connectivity index (χ2n) is 6.89. The topological polar surface area (TPSA) is 93.4 Å². The van der Waals surface area contributed by atoms with Crippen molar-refractivity contribution < 1.29 is 0 Å². The number of aromatic nitrogens is 6. The molecule has 0 bridgehead atoms. The lowest BCUT2D eigenvalue weighted by molar-refractivity contribution is 0.736. The van der Waals surface area contributed by atoms with E-state index in [9.17, 15) is 0 Å². The summed E-state index contributed by atoms with van der Waals surface area (Å²) in [5.41, 5.74) is 3.47. The molecule has 0 saturated heterocycles. The van der Waals surface area contributed by atoms with Gasteiger partial charge in [-0.1, -0.05) is 23.1 Å². The third kappa shape index (κ3) is 3.60. The van der Waals surface area contributed by atoms with E-state index in [1.807, 2.05) is 56.6 Å². The minimum atomic E-state index is 0.685. The molecule has 0 aliphatic rings. The van der Waals surface area contributed by atoms with Crippen LogP contribution in [0, 0.1) is 11.8 Å². The molecule has 2 N–H and O–H groups in total. The van der Waals surface area contributed by atoms with Crippen LogP contribution in [-0.4, -0.2) is 37.0 Å². The van der Waals surface area contributed by atoms with E-state index >= 15 is 0 Å². The molecule has 31 heavy (non-hydrogen) atoms. The first kappa shape index (κ1) is 18.5. The van der Waals surface area contributed by atoms with Gasteiger partial charge in [0.25, 0.3) is 0 Å². The second kappa shape index (κ2) is 7.72. The Bertz CT molecular complexity index is 1460. The quantitative estimate of drug-likeness (QED) is 0.443. The smallest absolute Gasteiger partial charge is 0.135 e. The average Bonchev–Trinajstić information content (AvgIpc) is 3.18. The zero-order valence-corrected chi connectivity index (χ0v) is 17.0. The maximum atomic E-state index is 4.51. The van der Waals surface area contributed by atoms with Gasteiger partial charge in [-0.15, -0.1) is 5.10 Å². The molecule has 0 atom stereocenters. The third-order valence-electron chi connectivity index (χ3n) is 4.88. The lowest BCUT2D eigenvalue weighted by Gasteiger charge is -2.09. The van der Waals surface area contributed by atoms with Gasteiger partial charge >= 0.3 is 0 Å². The fourth-order valence-electron chi connectivity index (χ4n) is 3.32. The van der Waals surface area contributed by atoms with E-state index in [0.717, 1.165) is 44.6 Å². The Morgan fingerprint density at radius 3 is 2.68 bits per heavy atom. The normalized spacial score (nSPS) is 10.6. The highest BCUT2D eigenvalue weighted by atomic mass is 15.4. The van der Waals surface area contributed by atoms with Gasteiger partial charge in [-0.25, -0.2) is 19.6 Å². The molecule has 1 aromatic carbocycles. The van der Waals surface area contributed by atoms with E-state index in [-0.39, 0.29) is 0 Å². The van der Waals surface area contributed by atoms with E-state index in [1.54, 1.807) is 23.3 Å². The standard InChI is InChI=1S/C23H18N8/c1-24-23-18-14-26-22(28-21-5-3-4-10-25-21)12-17(18)16(13-27-23)8-6-15-7-9-19-20(11-15)31(2)30-29-19/h3-5,7,9-14H,1-2H3,(H,24,27)(H,25,26,28). The van der Waals surface area contributed by atoms with Crippen LogP contribution < -0.4 is 10.6 Å². The Labute approximate surface area is 178 Å². The van der Waals surface area contributed by atoms with Gasteiger partial charge in [0.05, 0.1) is 11.1 Å². The molecular formula is C23H18N8. The number of pyridine rings is 3. The molecule has 4 heterocycles. The molecule has 0 amide bonds. The number of anilines is 3. The summed E-state index contributed by atoms with van der Waals surface area (Å²) in [6.45, 7) is 0. The van der Waals surface area contributed by atoms with Crippen molar-refractivity contribution in [1.82, 2.24) is 29.9 Å². The molecule has 5 rings (SSSR count). The Morgan fingerprint density at radius 2 is 1.84 bits per heavy atom. The number of hydrogen-bond acceptors (Lipinski definition) is 7. The van der Waals surface area contributed by atoms with Crippen molar-refractivity contribution in [2.24, 2.45) is 7.05 Å². The molecule has 150 valence electrons. The number of nitrogens with zero attached hydrogens (tertiary/aromatic N) is 6. The van der Waals surface area contributed by atoms with E-state index in [1.165, 1.54) is 0 Å². The summed E-state index contributed by atoms with van der Waals surface area (Å²) in [6, 6.07) is 13.5. The summed E-state index contributed by atoms with van der Waals surface area (Å²) in [6.07, 6.45) is 5.30. The van der Waals surface area contributed by atoms with Crippen LogP contribution in [0.2, 0.25) is 0 Å². The van der Waals surface area contributed by atoms with Crippen molar-refractivity contribution >= 4 is 39.3 Å². The molecule has 0 radical (unpaired) electrons. The second-order valence-corrected chi connectivity index (χ2v) is 6.89. The van der Waals surface area contributed by atoms with Crippen LogP contribution in [0.25, 0.3) is 21.8 Å². The van der Waals surface area contributed by atoms with Crippen LogP contribution in [0.15, 0.2) is 61.1 Å². The molecule has 8 heteroatoms. The maximum absolute atomic E-state index is 4.51. The Balaban J connectivity index is 1.58. The van der Waals surface area contributed by atoms with Gasteiger partial charge in [-0.05, 0) is 36.4 Å². The fraction of sp³-hybridized carbons (Fsp3) is 0.0870. The first-order valence-corrected chi connectivity index (χ1v) is 9.67. The molecular weight excluding hydrogens is 388 g/mol. The molecule has 0 saturated carbocycles. The average molecular weight is 406 g/mol. The highest BCUT2D eigenvalue weighted by molar-refractivity contribution is 5.96. The summed E-state index contributed by atoms with van der Waals surface area (Å²) in [5, 5.41) is 16.3. The lowest BCUT2D eigenvalue weighted by Crippen LogP contribution is -1.99. The van der Waals surface area contributed by atoms with E-state index < -0.39 is 0 Å². The molecule has 0 aliphatic carbocycles. The predicted molar refractivity (Wildman–Crippen MR) is 121 cm³/mol. The highest BCUT2D eigenvalue weighted by Crippen LogP contribution is 2.26. The Kier molecular flexibility index (Phi) is 4.61. The zero-order chi connectivity index (χ0) is 21.2. The summed E-state index contributed by atoms with van der Waals surface area (Å²) < 4.78 is 1.74. The van der Waals surface area contributed by atoms with Crippen LogP contribution in [0.4, 0.5) is 17.5 Å². The van der Waals surface area contributed by atoms with Gasteiger partial charge in [0.2, 0.25) is 0 Å². The van der Waals surface area contributed by atoms with E-state index in [4.69, 9.17) is 0 Å². The number of rotatable bonds is 3. The minimum absolute atomic E-state index is 0.685. The third-order valence-corrected chi connectivity index (χ3v) is 4.88. The fourth-order valence-corrected chi connectivity index (χ4v) is 3.32. The van der Waals surface area contributed by atoms with Crippen LogP contribution in [0.5, 0.6) is 0 Å². The Morgan fingerprint density at radius 1 is 0.903 bits per heavy atom. The van der Waals surface area contributed by atoms with Crippen LogP contribution in [0.1, 0.15) is 11.1 Å². The predicted octanol–water partition coefficient (Wildman–Crippen LogP) is 3.49. The molecule has 0 spiro atoms. The maximum Gasteiger partial charge on any atom is 0.135 e. The molecule has 8 nitrogen and oxygen atoms in total. The van der Waals surface area contributed by atoms with Gasteiger partial charge < -0.3 is 10.6 Å². The summed E-state index contributed by atoms with van der Waals surface area (Å²) >= 11 is 0. The summed E-state index contributed by atoms with van der Waals surface area (Å²) in [4.78, 5) is 13.3. The molecule has 0 aliphatic heterocycles. The number of nitrogens with one attached hydrogen (secondary N) is 2. The van der Waals surface area contributed by atoms with Crippen molar-refractivity contribution in [1.29, 1.82) is 0 Å². The SMILES string of the molecule is CNc1ncc(C#Cc2ccc3nnn(C)c3c2)c2cc(Nc3ccccn3)ncc12. The van der Waals surface area contributed by atoms with Crippen molar-refractivity contribution in [3.05, 3.63) is 72.2 Å². The Hall–Kier alpha value is -4.51. The van der Waals surface area contributed by atoms with Gasteiger partial charge in [-0.2, -0.15) is 0 Å². The molecule has 4 aromatic heterocycles. The van der Waals surface area contributed by atoms with Crippen LogP contribution in [-0.2, 0) is 7.05 Å². The van der Waals surface area contributed by atoms with Gasteiger partial charge in [-0.3, -0.25) is 0 Å². The minimum Gasteiger partial charge on any atom is -0.373 e. The summed E-state index contributed by atoms with van der Waals surface area (Å²) in [5.74, 6) is 8.66. The largest absolute Gasteiger partial charge is 0.373 e.